The number of hydrogen-bond acceptors (Lipinski definition) is 4. The molecule has 1 heterocycles. The van der Waals surface area contributed by atoms with Crippen LogP contribution in [0.2, 0.25) is 0 Å². The Morgan fingerprint density at radius 1 is 1.00 bits per heavy atom. The highest BCUT2D eigenvalue weighted by Gasteiger charge is 2.08. The van der Waals surface area contributed by atoms with Crippen LogP contribution in [0.1, 0.15) is 5.69 Å². The van der Waals surface area contributed by atoms with Gasteiger partial charge in [-0.15, -0.1) is 0 Å². The van der Waals surface area contributed by atoms with Crippen LogP contribution < -0.4 is 10.5 Å². The van der Waals surface area contributed by atoms with Gasteiger partial charge in [0.1, 0.15) is 5.75 Å². The van der Waals surface area contributed by atoms with Gasteiger partial charge in [0.25, 0.3) is 0 Å². The van der Waals surface area contributed by atoms with Gasteiger partial charge in [0, 0.05) is 11.3 Å². The predicted octanol–water partition coefficient (Wildman–Crippen LogP) is 3.20. The molecule has 0 aliphatic rings. The first-order valence-corrected chi connectivity index (χ1v) is 6.35. The molecular formula is C16H15N3O. The number of hydrogen-bond donors (Lipinski definition) is 1. The van der Waals surface area contributed by atoms with Crippen molar-refractivity contribution in [2.45, 2.75) is 6.92 Å². The van der Waals surface area contributed by atoms with Gasteiger partial charge in [-0.25, -0.2) is 9.97 Å². The predicted molar refractivity (Wildman–Crippen MR) is 80.7 cm³/mol. The molecule has 0 saturated carbocycles. The van der Waals surface area contributed by atoms with Crippen molar-refractivity contribution in [3.63, 3.8) is 0 Å². The van der Waals surface area contributed by atoms with Crippen LogP contribution in [0.15, 0.2) is 42.5 Å². The van der Waals surface area contributed by atoms with Crippen molar-refractivity contribution in [3.8, 4) is 17.0 Å². The number of nitrogens with zero attached hydrogens (tertiary/aromatic N) is 2. The zero-order valence-electron chi connectivity index (χ0n) is 11.4. The average Bonchev–Trinajstić information content (AvgIpc) is 2.47. The van der Waals surface area contributed by atoms with Crippen molar-refractivity contribution in [2.24, 2.45) is 0 Å². The van der Waals surface area contributed by atoms with Crippen molar-refractivity contribution < 1.29 is 4.74 Å². The fourth-order valence-corrected chi connectivity index (χ4v) is 2.20. The van der Waals surface area contributed by atoms with Gasteiger partial charge in [-0.05, 0) is 37.3 Å². The number of aryl methyl sites for hydroxylation is 1. The number of benzene rings is 2. The molecule has 2 N–H and O–H groups in total. The average molecular weight is 265 g/mol. The maximum Gasteiger partial charge on any atom is 0.119 e. The summed E-state index contributed by atoms with van der Waals surface area (Å²) in [5.74, 6) is 0.802. The number of fused-ring (bicyclic) bond motifs is 1. The van der Waals surface area contributed by atoms with E-state index in [4.69, 9.17) is 10.5 Å². The second-order valence-electron chi connectivity index (χ2n) is 4.64. The molecule has 0 spiro atoms. The van der Waals surface area contributed by atoms with Crippen LogP contribution in [0.25, 0.3) is 22.3 Å². The Kier molecular flexibility index (Phi) is 2.99. The summed E-state index contributed by atoms with van der Waals surface area (Å²) in [6.45, 7) is 1.96. The lowest BCUT2D eigenvalue weighted by Crippen LogP contribution is -1.96. The highest BCUT2D eigenvalue weighted by atomic mass is 16.5. The lowest BCUT2D eigenvalue weighted by molar-refractivity contribution is 0.415. The Morgan fingerprint density at radius 2 is 1.85 bits per heavy atom. The van der Waals surface area contributed by atoms with Crippen LogP contribution in [-0.4, -0.2) is 17.1 Å². The molecule has 3 rings (SSSR count). The Balaban J connectivity index is 2.21. The third-order valence-electron chi connectivity index (χ3n) is 3.21. The smallest absolute Gasteiger partial charge is 0.119 e. The van der Waals surface area contributed by atoms with Gasteiger partial charge in [-0.2, -0.15) is 0 Å². The minimum Gasteiger partial charge on any atom is -0.497 e. The summed E-state index contributed by atoms with van der Waals surface area (Å²) in [6.07, 6.45) is 0. The minimum absolute atomic E-state index is 0.687. The van der Waals surface area contributed by atoms with Gasteiger partial charge < -0.3 is 10.5 Å². The van der Waals surface area contributed by atoms with Crippen molar-refractivity contribution in [2.75, 3.05) is 12.8 Å². The van der Waals surface area contributed by atoms with E-state index in [1.165, 1.54) is 0 Å². The van der Waals surface area contributed by atoms with Crippen LogP contribution in [-0.2, 0) is 0 Å². The summed E-state index contributed by atoms with van der Waals surface area (Å²) in [4.78, 5) is 9.27. The Bertz CT molecular complexity index is 784. The van der Waals surface area contributed by atoms with Crippen molar-refractivity contribution in [3.05, 3.63) is 48.2 Å². The summed E-state index contributed by atoms with van der Waals surface area (Å²) in [5.41, 5.74) is 10.9. The molecule has 1 aromatic heterocycles. The number of methoxy groups -OCH3 is 1. The summed E-state index contributed by atoms with van der Waals surface area (Å²) in [7, 11) is 1.65. The van der Waals surface area contributed by atoms with E-state index in [1.807, 2.05) is 49.4 Å². The molecule has 100 valence electrons. The van der Waals surface area contributed by atoms with Gasteiger partial charge in [0.05, 0.1) is 29.5 Å². The first kappa shape index (κ1) is 12.4. The molecular weight excluding hydrogens is 250 g/mol. The Labute approximate surface area is 117 Å². The molecule has 3 aromatic rings. The number of nitrogens with two attached hydrogens (primary N) is 1. The van der Waals surface area contributed by atoms with Gasteiger partial charge >= 0.3 is 0 Å². The topological polar surface area (TPSA) is 61.0 Å². The first-order valence-electron chi connectivity index (χ1n) is 6.35. The van der Waals surface area contributed by atoms with E-state index in [-0.39, 0.29) is 0 Å². The number of nitrogen functional groups attached to an aromatic ring is 1. The van der Waals surface area contributed by atoms with Gasteiger partial charge in [0.15, 0.2) is 0 Å². The largest absolute Gasteiger partial charge is 0.497 e. The molecule has 0 bridgehead atoms. The zero-order chi connectivity index (χ0) is 14.1. The number of rotatable bonds is 2. The van der Waals surface area contributed by atoms with E-state index in [0.29, 0.717) is 5.69 Å². The second-order valence-corrected chi connectivity index (χ2v) is 4.64. The zero-order valence-corrected chi connectivity index (χ0v) is 11.4. The van der Waals surface area contributed by atoms with Crippen molar-refractivity contribution >= 4 is 16.7 Å². The van der Waals surface area contributed by atoms with Crippen molar-refractivity contribution in [1.82, 2.24) is 9.97 Å². The minimum atomic E-state index is 0.687. The van der Waals surface area contributed by atoms with Gasteiger partial charge in [-0.3, -0.25) is 0 Å². The molecule has 0 radical (unpaired) electrons. The summed E-state index contributed by atoms with van der Waals surface area (Å²) in [6, 6.07) is 13.4. The van der Waals surface area contributed by atoms with E-state index in [2.05, 4.69) is 9.97 Å². The quantitative estimate of drug-likeness (QED) is 0.723. The third kappa shape index (κ3) is 2.16. The molecule has 0 unspecified atom stereocenters. The highest BCUT2D eigenvalue weighted by Crippen LogP contribution is 2.26. The van der Waals surface area contributed by atoms with Gasteiger partial charge in [-0.1, -0.05) is 12.1 Å². The summed E-state index contributed by atoms with van der Waals surface area (Å²) < 4.78 is 5.25. The molecule has 0 aliphatic heterocycles. The summed E-state index contributed by atoms with van der Waals surface area (Å²) in [5, 5.41) is 0. The SMILES string of the molecule is COc1cccc(-c2nc3cc(N)ccc3nc2C)c1. The van der Waals surface area contributed by atoms with Crippen LogP contribution in [0.4, 0.5) is 5.69 Å². The lowest BCUT2D eigenvalue weighted by Gasteiger charge is -2.08. The molecule has 20 heavy (non-hydrogen) atoms. The lowest BCUT2D eigenvalue weighted by atomic mass is 10.1. The maximum atomic E-state index is 5.81. The van der Waals surface area contributed by atoms with Crippen LogP contribution >= 0.6 is 0 Å². The molecule has 0 saturated heterocycles. The second kappa shape index (κ2) is 4.81. The van der Waals surface area contributed by atoms with E-state index in [1.54, 1.807) is 7.11 Å². The molecule has 4 heteroatoms. The molecule has 0 amide bonds. The molecule has 0 aliphatic carbocycles. The highest BCUT2D eigenvalue weighted by molar-refractivity contribution is 5.81. The molecule has 4 nitrogen and oxygen atoms in total. The number of ether oxygens (including phenoxy) is 1. The van der Waals surface area contributed by atoms with Gasteiger partial charge in [0.2, 0.25) is 0 Å². The maximum absolute atomic E-state index is 5.81. The Morgan fingerprint density at radius 3 is 2.65 bits per heavy atom. The van der Waals surface area contributed by atoms with E-state index in [0.717, 1.165) is 33.7 Å². The van der Waals surface area contributed by atoms with E-state index >= 15 is 0 Å². The van der Waals surface area contributed by atoms with Crippen LogP contribution in [0, 0.1) is 6.92 Å². The number of aromatic nitrogens is 2. The standard InChI is InChI=1S/C16H15N3O/c1-10-16(11-4-3-5-13(8-11)20-2)19-15-9-12(17)6-7-14(15)18-10/h3-9H,17H2,1-2H3. The van der Waals surface area contributed by atoms with E-state index in [9.17, 15) is 0 Å². The summed E-state index contributed by atoms with van der Waals surface area (Å²) >= 11 is 0. The molecule has 0 atom stereocenters. The van der Waals surface area contributed by atoms with Crippen LogP contribution in [0.5, 0.6) is 5.75 Å². The Hall–Kier alpha value is -2.62. The molecule has 2 aromatic carbocycles. The normalized spacial score (nSPS) is 10.7. The van der Waals surface area contributed by atoms with Crippen molar-refractivity contribution in [1.29, 1.82) is 0 Å². The number of anilines is 1. The van der Waals surface area contributed by atoms with Crippen LogP contribution in [0.3, 0.4) is 0 Å². The molecule has 0 fully saturated rings. The fourth-order valence-electron chi connectivity index (χ4n) is 2.20. The first-order chi connectivity index (χ1) is 9.67. The van der Waals surface area contributed by atoms with E-state index < -0.39 is 0 Å². The monoisotopic (exact) mass is 265 g/mol. The fraction of sp³-hybridized carbons (Fsp3) is 0.125. The third-order valence-corrected chi connectivity index (χ3v) is 3.21.